The Hall–Kier alpha value is -0.610. The second-order valence-corrected chi connectivity index (χ2v) is 6.90. The van der Waals surface area contributed by atoms with Gasteiger partial charge in [0.2, 0.25) is 0 Å². The molecule has 0 aromatic heterocycles. The molecule has 1 saturated carbocycles. The molecule has 2 N–H and O–H groups in total. The van der Waals surface area contributed by atoms with Crippen LogP contribution in [0.2, 0.25) is 0 Å². The van der Waals surface area contributed by atoms with Crippen LogP contribution in [0.15, 0.2) is 0 Å². The van der Waals surface area contributed by atoms with Crippen LogP contribution >= 0.6 is 0 Å². The average molecular weight is 302 g/mol. The topological polar surface area (TPSA) is 66.8 Å². The fraction of sp³-hybridized carbons (Fsp3) is 0.941. The Morgan fingerprint density at radius 3 is 2.14 bits per heavy atom. The highest BCUT2D eigenvalue weighted by atomic mass is 16.6. The van der Waals surface area contributed by atoms with Crippen LogP contribution in [0, 0.1) is 11.8 Å². The summed E-state index contributed by atoms with van der Waals surface area (Å²) in [5.41, 5.74) is -0.429. The molecule has 1 fully saturated rings. The Bertz CT molecular complexity index is 264. The zero-order valence-electron chi connectivity index (χ0n) is 14.2. The summed E-state index contributed by atoms with van der Waals surface area (Å²) >= 11 is 0. The zero-order chi connectivity index (χ0) is 16.3. The molecule has 0 amide bonds. The summed E-state index contributed by atoms with van der Waals surface area (Å²) < 4.78 is 5.31. The van der Waals surface area contributed by atoms with Crippen LogP contribution in [0.25, 0.3) is 0 Å². The van der Waals surface area contributed by atoms with Crippen LogP contribution < -0.4 is 0 Å². The van der Waals surface area contributed by atoms with Crippen LogP contribution in [-0.4, -0.2) is 35.0 Å². The van der Waals surface area contributed by atoms with E-state index in [-0.39, 0.29) is 25.1 Å². The summed E-state index contributed by atoms with van der Waals surface area (Å²) in [6.07, 6.45) is 7.77. The molecule has 1 aliphatic rings. The number of carbonyl (C=O) groups excluding carboxylic acids is 1. The van der Waals surface area contributed by atoms with Crippen LogP contribution in [0.3, 0.4) is 0 Å². The SMILES string of the molecule is CC(C)(C)OC(=O)C[C@H](CO)CC1CCCCC1.CCO. The van der Waals surface area contributed by atoms with Crippen molar-refractivity contribution in [2.24, 2.45) is 11.8 Å². The van der Waals surface area contributed by atoms with E-state index in [4.69, 9.17) is 9.84 Å². The number of hydrogen-bond donors (Lipinski definition) is 2. The summed E-state index contributed by atoms with van der Waals surface area (Å²) in [6.45, 7) is 7.65. The number of ether oxygens (including phenoxy) is 1. The minimum absolute atomic E-state index is 0.0722. The molecule has 0 spiro atoms. The Morgan fingerprint density at radius 1 is 1.19 bits per heavy atom. The standard InChI is InChI=1S/C15H28O3.C2H6O/c1-15(2,3)18-14(17)10-13(11-16)9-12-7-5-4-6-8-12;1-2-3/h12-13,16H,4-11H2,1-3H3;3H,2H2,1H3/t13-;/m1./s1. The van der Waals surface area contributed by atoms with Gasteiger partial charge in [0.15, 0.2) is 0 Å². The van der Waals surface area contributed by atoms with Gasteiger partial charge in [-0.05, 0) is 46.0 Å². The molecule has 126 valence electrons. The van der Waals surface area contributed by atoms with Gasteiger partial charge in [-0.2, -0.15) is 0 Å². The molecular weight excluding hydrogens is 268 g/mol. The van der Waals surface area contributed by atoms with Crippen molar-refractivity contribution in [3.8, 4) is 0 Å². The van der Waals surface area contributed by atoms with Gasteiger partial charge < -0.3 is 14.9 Å². The highest BCUT2D eigenvalue weighted by Gasteiger charge is 2.23. The van der Waals surface area contributed by atoms with Gasteiger partial charge in [0.05, 0.1) is 6.42 Å². The van der Waals surface area contributed by atoms with Gasteiger partial charge in [-0.3, -0.25) is 4.79 Å². The molecule has 0 bridgehead atoms. The monoisotopic (exact) mass is 302 g/mol. The van der Waals surface area contributed by atoms with E-state index in [0.29, 0.717) is 12.3 Å². The van der Waals surface area contributed by atoms with Crippen molar-refractivity contribution >= 4 is 5.97 Å². The van der Waals surface area contributed by atoms with Gasteiger partial charge in [0, 0.05) is 13.2 Å². The van der Waals surface area contributed by atoms with Crippen LogP contribution in [0.4, 0.5) is 0 Å². The summed E-state index contributed by atoms with van der Waals surface area (Å²) in [5.74, 6) is 0.582. The highest BCUT2D eigenvalue weighted by Crippen LogP contribution is 2.30. The van der Waals surface area contributed by atoms with Gasteiger partial charge in [-0.15, -0.1) is 0 Å². The molecule has 4 heteroatoms. The maximum Gasteiger partial charge on any atom is 0.306 e. The maximum absolute atomic E-state index is 11.7. The minimum Gasteiger partial charge on any atom is -0.460 e. The van der Waals surface area contributed by atoms with E-state index in [0.717, 1.165) is 6.42 Å². The van der Waals surface area contributed by atoms with E-state index in [1.807, 2.05) is 20.8 Å². The molecule has 1 atom stereocenters. The normalized spacial score (nSPS) is 17.6. The molecule has 0 radical (unpaired) electrons. The summed E-state index contributed by atoms with van der Waals surface area (Å²) in [4.78, 5) is 11.7. The molecule has 0 aliphatic heterocycles. The van der Waals surface area contributed by atoms with Gasteiger partial charge in [-0.1, -0.05) is 32.1 Å². The first-order chi connectivity index (χ1) is 9.82. The first-order valence-corrected chi connectivity index (χ1v) is 8.25. The van der Waals surface area contributed by atoms with E-state index >= 15 is 0 Å². The third kappa shape index (κ3) is 11.7. The second-order valence-electron chi connectivity index (χ2n) is 6.90. The molecule has 21 heavy (non-hydrogen) atoms. The molecule has 0 saturated heterocycles. The predicted octanol–water partition coefficient (Wildman–Crippen LogP) is 3.30. The lowest BCUT2D eigenvalue weighted by Gasteiger charge is -2.26. The molecule has 4 nitrogen and oxygen atoms in total. The maximum atomic E-state index is 11.7. The molecular formula is C17H34O4. The van der Waals surface area contributed by atoms with Crippen molar-refractivity contribution < 1.29 is 19.7 Å². The lowest BCUT2D eigenvalue weighted by molar-refractivity contribution is -0.156. The van der Waals surface area contributed by atoms with E-state index in [9.17, 15) is 9.90 Å². The third-order valence-electron chi connectivity index (χ3n) is 3.52. The Kier molecular flexibility index (Phi) is 10.7. The van der Waals surface area contributed by atoms with Crippen LogP contribution in [0.1, 0.15) is 72.6 Å². The number of esters is 1. The number of carbonyl (C=O) groups is 1. The number of aliphatic hydroxyl groups excluding tert-OH is 2. The molecule has 0 unspecified atom stereocenters. The second kappa shape index (κ2) is 11.0. The zero-order valence-corrected chi connectivity index (χ0v) is 14.2. The van der Waals surface area contributed by atoms with E-state index < -0.39 is 5.60 Å². The van der Waals surface area contributed by atoms with Gasteiger partial charge in [0.25, 0.3) is 0 Å². The quantitative estimate of drug-likeness (QED) is 0.765. The van der Waals surface area contributed by atoms with Crippen molar-refractivity contribution in [3.05, 3.63) is 0 Å². The fourth-order valence-corrected chi connectivity index (χ4v) is 2.74. The number of hydrogen-bond acceptors (Lipinski definition) is 4. The smallest absolute Gasteiger partial charge is 0.306 e. The van der Waals surface area contributed by atoms with E-state index in [2.05, 4.69) is 0 Å². The molecule has 1 aliphatic carbocycles. The molecule has 0 aromatic carbocycles. The van der Waals surface area contributed by atoms with Crippen molar-refractivity contribution in [3.63, 3.8) is 0 Å². The Balaban J connectivity index is 0.00000122. The third-order valence-corrected chi connectivity index (χ3v) is 3.52. The summed E-state index contributed by atoms with van der Waals surface area (Å²) in [5, 5.41) is 17.0. The van der Waals surface area contributed by atoms with Gasteiger partial charge >= 0.3 is 5.97 Å². The lowest BCUT2D eigenvalue weighted by Crippen LogP contribution is -2.26. The molecule has 0 aromatic rings. The Labute approximate surface area is 129 Å². The van der Waals surface area contributed by atoms with Crippen molar-refractivity contribution in [2.75, 3.05) is 13.2 Å². The first kappa shape index (κ1) is 20.4. The van der Waals surface area contributed by atoms with Gasteiger partial charge in [0.1, 0.15) is 5.60 Å². The molecule has 1 rings (SSSR count). The highest BCUT2D eigenvalue weighted by molar-refractivity contribution is 5.70. The molecule has 0 heterocycles. The number of aliphatic hydroxyl groups is 2. The predicted molar refractivity (Wildman–Crippen MR) is 85.0 cm³/mol. The largest absolute Gasteiger partial charge is 0.460 e. The van der Waals surface area contributed by atoms with Crippen LogP contribution in [-0.2, 0) is 9.53 Å². The minimum atomic E-state index is -0.429. The Morgan fingerprint density at radius 2 is 1.71 bits per heavy atom. The fourth-order valence-electron chi connectivity index (χ4n) is 2.74. The average Bonchev–Trinajstić information content (AvgIpc) is 2.38. The van der Waals surface area contributed by atoms with Crippen molar-refractivity contribution in [1.29, 1.82) is 0 Å². The van der Waals surface area contributed by atoms with Gasteiger partial charge in [-0.25, -0.2) is 0 Å². The number of rotatable bonds is 5. The van der Waals surface area contributed by atoms with Crippen molar-refractivity contribution in [2.45, 2.75) is 78.2 Å². The summed E-state index contributed by atoms with van der Waals surface area (Å²) in [7, 11) is 0. The lowest BCUT2D eigenvalue weighted by atomic mass is 9.82. The van der Waals surface area contributed by atoms with E-state index in [1.165, 1.54) is 32.1 Å². The van der Waals surface area contributed by atoms with E-state index in [1.54, 1.807) is 6.92 Å². The first-order valence-electron chi connectivity index (χ1n) is 8.25. The summed E-state index contributed by atoms with van der Waals surface area (Å²) in [6, 6.07) is 0. The van der Waals surface area contributed by atoms with Crippen molar-refractivity contribution in [1.82, 2.24) is 0 Å². The van der Waals surface area contributed by atoms with Crippen LogP contribution in [0.5, 0.6) is 0 Å².